The Morgan fingerprint density at radius 1 is 1.33 bits per heavy atom. The van der Waals surface area contributed by atoms with Gasteiger partial charge in [-0.2, -0.15) is 0 Å². The van der Waals surface area contributed by atoms with Crippen LogP contribution in [0.25, 0.3) is 0 Å². The Labute approximate surface area is 149 Å². The fraction of sp³-hybridized carbons (Fsp3) is 0.421. The van der Waals surface area contributed by atoms with Crippen molar-refractivity contribution >= 4 is 17.5 Å². The van der Waals surface area contributed by atoms with E-state index >= 15 is 0 Å². The summed E-state index contributed by atoms with van der Waals surface area (Å²) in [5.74, 6) is -0.0722. The molecular weight excluding hydrogens is 324 g/mol. The van der Waals surface area contributed by atoms with Gasteiger partial charge in [0, 0.05) is 32.1 Å². The van der Waals surface area contributed by atoms with Crippen LogP contribution in [-0.2, 0) is 22.6 Å². The van der Waals surface area contributed by atoms with Crippen LogP contribution in [0.15, 0.2) is 42.6 Å². The Kier molecular flexibility index (Phi) is 6.88. The van der Waals surface area contributed by atoms with Crippen LogP contribution in [0.4, 0.5) is 0 Å². The van der Waals surface area contributed by atoms with Crippen LogP contribution < -0.4 is 0 Å². The standard InChI is InChI=1S/C19H25ClN2O2/c1-15-6-4-7-17(12-15)13-21-9-5-8-18(21)14-22(10-11-24-3)19(23)16(2)20/h4-9,12,16H,10-11,13-14H2,1-3H3. The Morgan fingerprint density at radius 3 is 2.79 bits per heavy atom. The quantitative estimate of drug-likeness (QED) is 0.685. The summed E-state index contributed by atoms with van der Waals surface area (Å²) in [5, 5.41) is -0.540. The summed E-state index contributed by atoms with van der Waals surface area (Å²) in [6, 6.07) is 12.5. The molecule has 2 aromatic rings. The first kappa shape index (κ1) is 18.6. The lowest BCUT2D eigenvalue weighted by atomic mass is 10.1. The lowest BCUT2D eigenvalue weighted by Gasteiger charge is -2.24. The van der Waals surface area contributed by atoms with Gasteiger partial charge < -0.3 is 14.2 Å². The summed E-state index contributed by atoms with van der Waals surface area (Å²) in [7, 11) is 1.63. The van der Waals surface area contributed by atoms with Crippen molar-refractivity contribution in [1.29, 1.82) is 0 Å². The van der Waals surface area contributed by atoms with Gasteiger partial charge in [0.2, 0.25) is 5.91 Å². The fourth-order valence-corrected chi connectivity index (χ4v) is 2.81. The van der Waals surface area contributed by atoms with Gasteiger partial charge in [0.25, 0.3) is 0 Å². The van der Waals surface area contributed by atoms with Gasteiger partial charge in [0.05, 0.1) is 13.2 Å². The largest absolute Gasteiger partial charge is 0.383 e. The number of hydrogen-bond donors (Lipinski definition) is 0. The van der Waals surface area contributed by atoms with Crippen molar-refractivity contribution in [3.8, 4) is 0 Å². The lowest BCUT2D eigenvalue weighted by molar-refractivity contribution is -0.131. The highest BCUT2D eigenvalue weighted by atomic mass is 35.5. The minimum Gasteiger partial charge on any atom is -0.383 e. The average Bonchev–Trinajstić information content (AvgIpc) is 2.97. The van der Waals surface area contributed by atoms with Gasteiger partial charge in [0.15, 0.2) is 0 Å². The molecule has 0 fully saturated rings. The second kappa shape index (κ2) is 8.90. The number of carbonyl (C=O) groups excluding carboxylic acids is 1. The Hall–Kier alpha value is -1.78. The predicted molar refractivity (Wildman–Crippen MR) is 97.3 cm³/mol. The van der Waals surface area contributed by atoms with Gasteiger partial charge in [0.1, 0.15) is 5.38 Å². The van der Waals surface area contributed by atoms with E-state index in [2.05, 4.69) is 35.8 Å². The van der Waals surface area contributed by atoms with Crippen LogP contribution in [0.5, 0.6) is 0 Å². The molecule has 0 saturated carbocycles. The van der Waals surface area contributed by atoms with E-state index in [9.17, 15) is 4.79 Å². The molecule has 1 amide bonds. The number of nitrogens with zero attached hydrogens (tertiary/aromatic N) is 2. The molecule has 2 rings (SSSR count). The molecule has 0 N–H and O–H groups in total. The second-order valence-electron chi connectivity index (χ2n) is 5.99. The van der Waals surface area contributed by atoms with E-state index in [4.69, 9.17) is 16.3 Å². The monoisotopic (exact) mass is 348 g/mol. The Bertz CT molecular complexity index is 667. The minimum absolute atomic E-state index is 0.0722. The summed E-state index contributed by atoms with van der Waals surface area (Å²) in [4.78, 5) is 14.1. The minimum atomic E-state index is -0.540. The van der Waals surface area contributed by atoms with E-state index in [1.807, 2.05) is 18.3 Å². The first-order valence-corrected chi connectivity index (χ1v) is 8.56. The average molecular weight is 349 g/mol. The van der Waals surface area contributed by atoms with Gasteiger partial charge in [-0.1, -0.05) is 29.8 Å². The molecule has 0 aliphatic carbocycles. The fourth-order valence-electron chi connectivity index (χ4n) is 2.67. The first-order chi connectivity index (χ1) is 11.5. The highest BCUT2D eigenvalue weighted by Gasteiger charge is 2.19. The number of alkyl halides is 1. The van der Waals surface area contributed by atoms with Crippen LogP contribution in [0.1, 0.15) is 23.7 Å². The zero-order valence-corrected chi connectivity index (χ0v) is 15.3. The highest BCUT2D eigenvalue weighted by Crippen LogP contribution is 2.13. The Morgan fingerprint density at radius 2 is 2.12 bits per heavy atom. The van der Waals surface area contributed by atoms with E-state index < -0.39 is 5.38 Å². The van der Waals surface area contributed by atoms with Crippen molar-refractivity contribution in [3.63, 3.8) is 0 Å². The zero-order chi connectivity index (χ0) is 17.5. The van der Waals surface area contributed by atoms with Crippen LogP contribution in [-0.4, -0.2) is 41.0 Å². The number of carbonyl (C=O) groups is 1. The number of aryl methyl sites for hydroxylation is 1. The molecule has 1 atom stereocenters. The smallest absolute Gasteiger partial charge is 0.240 e. The van der Waals surface area contributed by atoms with Gasteiger partial charge >= 0.3 is 0 Å². The maximum Gasteiger partial charge on any atom is 0.240 e. The van der Waals surface area contributed by atoms with Crippen molar-refractivity contribution in [2.75, 3.05) is 20.3 Å². The summed E-state index contributed by atoms with van der Waals surface area (Å²) in [6.45, 7) is 6.13. The third-order valence-electron chi connectivity index (χ3n) is 3.93. The van der Waals surface area contributed by atoms with Crippen LogP contribution in [0, 0.1) is 6.92 Å². The van der Waals surface area contributed by atoms with Gasteiger partial charge in [-0.05, 0) is 31.5 Å². The highest BCUT2D eigenvalue weighted by molar-refractivity contribution is 6.30. The normalized spacial score (nSPS) is 12.2. The number of rotatable bonds is 8. The topological polar surface area (TPSA) is 34.5 Å². The number of aromatic nitrogens is 1. The summed E-state index contributed by atoms with van der Waals surface area (Å²) in [6.07, 6.45) is 2.04. The van der Waals surface area contributed by atoms with Crippen molar-refractivity contribution in [2.24, 2.45) is 0 Å². The predicted octanol–water partition coefficient (Wildman–Crippen LogP) is 3.45. The molecule has 1 unspecified atom stereocenters. The summed E-state index contributed by atoms with van der Waals surface area (Å²) < 4.78 is 7.28. The van der Waals surface area contributed by atoms with Crippen LogP contribution >= 0.6 is 11.6 Å². The van der Waals surface area contributed by atoms with Crippen molar-refractivity contribution in [2.45, 2.75) is 32.3 Å². The van der Waals surface area contributed by atoms with E-state index in [1.165, 1.54) is 11.1 Å². The third kappa shape index (κ3) is 5.11. The molecule has 0 radical (unpaired) electrons. The van der Waals surface area contributed by atoms with Crippen LogP contribution in [0.3, 0.4) is 0 Å². The van der Waals surface area contributed by atoms with Gasteiger partial charge in [-0.3, -0.25) is 4.79 Å². The lowest BCUT2D eigenvalue weighted by Crippen LogP contribution is -2.38. The van der Waals surface area contributed by atoms with E-state index in [0.29, 0.717) is 19.7 Å². The molecule has 4 nitrogen and oxygen atoms in total. The molecule has 24 heavy (non-hydrogen) atoms. The van der Waals surface area contributed by atoms with Gasteiger partial charge in [-0.15, -0.1) is 11.6 Å². The summed E-state index contributed by atoms with van der Waals surface area (Å²) >= 11 is 5.99. The summed E-state index contributed by atoms with van der Waals surface area (Å²) in [5.41, 5.74) is 3.57. The molecule has 0 aliphatic heterocycles. The maximum absolute atomic E-state index is 12.3. The van der Waals surface area contributed by atoms with E-state index in [0.717, 1.165) is 12.2 Å². The van der Waals surface area contributed by atoms with Crippen molar-refractivity contribution in [1.82, 2.24) is 9.47 Å². The van der Waals surface area contributed by atoms with Crippen LogP contribution in [0.2, 0.25) is 0 Å². The Balaban J connectivity index is 2.13. The molecule has 5 heteroatoms. The number of halogens is 1. The SMILES string of the molecule is COCCN(Cc1cccn1Cc1cccc(C)c1)C(=O)C(C)Cl. The molecule has 0 bridgehead atoms. The zero-order valence-electron chi connectivity index (χ0n) is 14.5. The molecule has 0 aliphatic rings. The van der Waals surface area contributed by atoms with E-state index in [-0.39, 0.29) is 5.91 Å². The third-order valence-corrected chi connectivity index (χ3v) is 4.12. The number of benzene rings is 1. The number of methoxy groups -OCH3 is 1. The van der Waals surface area contributed by atoms with Crippen molar-refractivity contribution < 1.29 is 9.53 Å². The maximum atomic E-state index is 12.3. The number of ether oxygens (including phenoxy) is 1. The molecule has 1 aromatic carbocycles. The molecule has 1 heterocycles. The molecule has 1 aromatic heterocycles. The number of hydrogen-bond acceptors (Lipinski definition) is 2. The second-order valence-corrected chi connectivity index (χ2v) is 6.64. The molecule has 130 valence electrons. The van der Waals surface area contributed by atoms with E-state index in [1.54, 1.807) is 18.9 Å². The molecular formula is C19H25ClN2O2. The first-order valence-electron chi connectivity index (χ1n) is 8.12. The number of amides is 1. The molecule has 0 spiro atoms. The van der Waals surface area contributed by atoms with Gasteiger partial charge in [-0.25, -0.2) is 0 Å². The molecule has 0 saturated heterocycles. The van der Waals surface area contributed by atoms with Crippen molar-refractivity contribution in [3.05, 3.63) is 59.4 Å².